The Balaban J connectivity index is 1.92. The molecule has 2 aromatic rings. The Morgan fingerprint density at radius 1 is 1.17 bits per heavy atom. The average Bonchev–Trinajstić information content (AvgIpc) is 2.54. The topological polar surface area (TPSA) is 49.4 Å². The highest BCUT2D eigenvalue weighted by molar-refractivity contribution is 6.31. The molecule has 2 amide bonds. The van der Waals surface area contributed by atoms with E-state index in [1.54, 1.807) is 31.3 Å². The summed E-state index contributed by atoms with van der Waals surface area (Å²) in [6.45, 7) is -0.0319. The first-order valence-electron chi connectivity index (χ1n) is 7.09. The minimum Gasteiger partial charge on any atom is -0.343 e. The zero-order valence-corrected chi connectivity index (χ0v) is 13.6. The van der Waals surface area contributed by atoms with Crippen molar-refractivity contribution in [2.45, 2.75) is 6.54 Å². The highest BCUT2D eigenvalue weighted by Gasteiger charge is 2.16. The summed E-state index contributed by atoms with van der Waals surface area (Å²) < 4.78 is 26.3. The first kappa shape index (κ1) is 17.9. The predicted octanol–water partition coefficient (Wildman–Crippen LogP) is 3.01. The summed E-state index contributed by atoms with van der Waals surface area (Å²) in [5.74, 6) is -2.92. The Kier molecular flexibility index (Phi) is 5.87. The summed E-state index contributed by atoms with van der Waals surface area (Å²) in [6, 6.07) is 9.71. The van der Waals surface area contributed by atoms with Gasteiger partial charge in [-0.3, -0.25) is 9.59 Å². The van der Waals surface area contributed by atoms with Gasteiger partial charge >= 0.3 is 0 Å². The largest absolute Gasteiger partial charge is 0.343 e. The van der Waals surface area contributed by atoms with Crippen molar-refractivity contribution in [2.75, 3.05) is 13.6 Å². The van der Waals surface area contributed by atoms with Crippen LogP contribution in [0, 0.1) is 11.6 Å². The summed E-state index contributed by atoms with van der Waals surface area (Å²) >= 11 is 6.03. The molecule has 0 saturated heterocycles. The molecule has 0 aliphatic heterocycles. The van der Waals surface area contributed by atoms with Crippen LogP contribution in [0.1, 0.15) is 15.9 Å². The summed E-state index contributed by atoms with van der Waals surface area (Å²) in [5.41, 5.74) is 0.448. The monoisotopic (exact) mass is 352 g/mol. The van der Waals surface area contributed by atoms with Crippen molar-refractivity contribution in [3.63, 3.8) is 0 Å². The molecule has 0 unspecified atom stereocenters. The number of amides is 2. The van der Waals surface area contributed by atoms with E-state index < -0.39 is 17.5 Å². The van der Waals surface area contributed by atoms with Crippen molar-refractivity contribution in [1.29, 1.82) is 0 Å². The van der Waals surface area contributed by atoms with E-state index in [1.165, 1.54) is 4.90 Å². The second kappa shape index (κ2) is 7.88. The summed E-state index contributed by atoms with van der Waals surface area (Å²) in [5, 5.41) is 2.85. The van der Waals surface area contributed by atoms with Crippen LogP contribution in [-0.2, 0) is 11.3 Å². The van der Waals surface area contributed by atoms with Crippen molar-refractivity contribution < 1.29 is 18.4 Å². The number of hydrogen-bond acceptors (Lipinski definition) is 2. The molecular formula is C17H15ClF2N2O2. The van der Waals surface area contributed by atoms with E-state index in [1.807, 2.05) is 0 Å². The van der Waals surface area contributed by atoms with Gasteiger partial charge in [-0.1, -0.05) is 29.8 Å². The van der Waals surface area contributed by atoms with Crippen LogP contribution in [0.2, 0.25) is 5.02 Å². The van der Waals surface area contributed by atoms with E-state index in [0.29, 0.717) is 11.1 Å². The van der Waals surface area contributed by atoms with E-state index in [9.17, 15) is 18.4 Å². The summed E-state index contributed by atoms with van der Waals surface area (Å²) in [4.78, 5) is 25.3. The fraction of sp³-hybridized carbons (Fsp3) is 0.176. The second-order valence-corrected chi connectivity index (χ2v) is 5.56. The Morgan fingerprint density at radius 3 is 2.54 bits per heavy atom. The van der Waals surface area contributed by atoms with Gasteiger partial charge in [0.25, 0.3) is 5.91 Å². The number of likely N-dealkylation sites (N-methyl/N-ethyl adjacent to an activating group) is 1. The van der Waals surface area contributed by atoms with Crippen LogP contribution in [0.5, 0.6) is 0 Å². The lowest BCUT2D eigenvalue weighted by molar-refractivity contribution is -0.129. The zero-order valence-electron chi connectivity index (χ0n) is 12.9. The molecule has 0 heterocycles. The molecular weight excluding hydrogens is 338 g/mol. The highest BCUT2D eigenvalue weighted by atomic mass is 35.5. The van der Waals surface area contributed by atoms with Crippen LogP contribution in [0.25, 0.3) is 0 Å². The molecule has 7 heteroatoms. The molecule has 0 radical (unpaired) electrons. The van der Waals surface area contributed by atoms with Crippen molar-refractivity contribution in [1.82, 2.24) is 10.2 Å². The van der Waals surface area contributed by atoms with Crippen molar-refractivity contribution in [2.24, 2.45) is 0 Å². The molecule has 0 fully saturated rings. The van der Waals surface area contributed by atoms with Crippen LogP contribution in [0.4, 0.5) is 8.78 Å². The summed E-state index contributed by atoms with van der Waals surface area (Å²) in [6.07, 6.45) is 0. The van der Waals surface area contributed by atoms with Gasteiger partial charge in [-0.2, -0.15) is 0 Å². The van der Waals surface area contributed by atoms with Gasteiger partial charge in [0, 0.05) is 24.7 Å². The van der Waals surface area contributed by atoms with Gasteiger partial charge in [-0.15, -0.1) is 0 Å². The quantitative estimate of drug-likeness (QED) is 0.899. The third-order valence-electron chi connectivity index (χ3n) is 3.37. The molecule has 24 heavy (non-hydrogen) atoms. The molecule has 0 saturated carbocycles. The van der Waals surface area contributed by atoms with Gasteiger partial charge in [-0.05, 0) is 23.8 Å². The molecule has 0 bridgehead atoms. The minimum absolute atomic E-state index is 0.277. The number of carbonyl (C=O) groups excluding carboxylic acids is 2. The number of benzene rings is 2. The molecule has 2 aromatic carbocycles. The molecule has 0 atom stereocenters. The Hall–Kier alpha value is -2.47. The summed E-state index contributed by atoms with van der Waals surface area (Å²) in [7, 11) is 1.57. The molecule has 0 aliphatic carbocycles. The van der Waals surface area contributed by atoms with E-state index in [-0.39, 0.29) is 24.6 Å². The number of halogens is 3. The predicted molar refractivity (Wildman–Crippen MR) is 86.6 cm³/mol. The lowest BCUT2D eigenvalue weighted by atomic mass is 10.2. The van der Waals surface area contributed by atoms with Gasteiger partial charge in [0.05, 0.1) is 12.1 Å². The molecule has 0 aromatic heterocycles. The number of hydrogen-bond donors (Lipinski definition) is 1. The Morgan fingerprint density at radius 2 is 1.88 bits per heavy atom. The van der Waals surface area contributed by atoms with Crippen molar-refractivity contribution in [3.8, 4) is 0 Å². The lowest BCUT2D eigenvalue weighted by Gasteiger charge is -2.18. The van der Waals surface area contributed by atoms with E-state index in [0.717, 1.165) is 17.7 Å². The molecule has 2 rings (SSSR count). The fourth-order valence-electron chi connectivity index (χ4n) is 2.03. The third kappa shape index (κ3) is 4.52. The van der Waals surface area contributed by atoms with Crippen LogP contribution in [0.15, 0.2) is 42.5 Å². The first-order chi connectivity index (χ1) is 11.4. The van der Waals surface area contributed by atoms with Crippen LogP contribution >= 0.6 is 11.6 Å². The standard InChI is InChI=1S/C17H15ClF2N2O2/c1-22(10-11-4-2-3-5-14(11)18)16(23)9-21-17(24)13-7-6-12(19)8-15(13)20/h2-8H,9-10H2,1H3,(H,21,24). The minimum atomic E-state index is -0.982. The molecule has 4 nitrogen and oxygen atoms in total. The van der Waals surface area contributed by atoms with Gasteiger partial charge in [-0.25, -0.2) is 8.78 Å². The van der Waals surface area contributed by atoms with Crippen molar-refractivity contribution in [3.05, 3.63) is 70.2 Å². The maximum atomic E-state index is 13.5. The van der Waals surface area contributed by atoms with Crippen LogP contribution in [-0.4, -0.2) is 30.3 Å². The Labute approximate surface area is 143 Å². The Bertz CT molecular complexity index is 768. The average molecular weight is 353 g/mol. The fourth-order valence-corrected chi connectivity index (χ4v) is 2.23. The maximum absolute atomic E-state index is 13.5. The lowest BCUT2D eigenvalue weighted by Crippen LogP contribution is -2.38. The highest BCUT2D eigenvalue weighted by Crippen LogP contribution is 2.16. The zero-order chi connectivity index (χ0) is 17.7. The number of rotatable bonds is 5. The van der Waals surface area contributed by atoms with E-state index in [2.05, 4.69) is 5.32 Å². The van der Waals surface area contributed by atoms with Gasteiger partial charge in [0.15, 0.2) is 0 Å². The SMILES string of the molecule is CN(Cc1ccccc1Cl)C(=O)CNC(=O)c1ccc(F)cc1F. The third-order valence-corrected chi connectivity index (χ3v) is 3.74. The van der Waals surface area contributed by atoms with Gasteiger partial charge in [0.1, 0.15) is 11.6 Å². The molecule has 1 N–H and O–H groups in total. The van der Waals surface area contributed by atoms with Crippen LogP contribution < -0.4 is 5.32 Å². The van der Waals surface area contributed by atoms with Crippen molar-refractivity contribution >= 4 is 23.4 Å². The number of nitrogens with one attached hydrogen (secondary N) is 1. The molecule has 0 aliphatic rings. The van der Waals surface area contributed by atoms with Gasteiger partial charge < -0.3 is 10.2 Å². The number of nitrogens with zero attached hydrogens (tertiary/aromatic N) is 1. The normalized spacial score (nSPS) is 10.3. The van der Waals surface area contributed by atoms with E-state index >= 15 is 0 Å². The second-order valence-electron chi connectivity index (χ2n) is 5.15. The van der Waals surface area contributed by atoms with Gasteiger partial charge in [0.2, 0.25) is 5.91 Å². The molecule has 126 valence electrons. The first-order valence-corrected chi connectivity index (χ1v) is 7.47. The number of carbonyl (C=O) groups is 2. The molecule has 0 spiro atoms. The van der Waals surface area contributed by atoms with E-state index in [4.69, 9.17) is 11.6 Å². The maximum Gasteiger partial charge on any atom is 0.254 e. The van der Waals surface area contributed by atoms with Crippen LogP contribution in [0.3, 0.4) is 0 Å². The smallest absolute Gasteiger partial charge is 0.254 e.